The maximum Gasteiger partial charge on any atom is 0.140 e. The maximum absolute atomic E-state index is 4.32. The highest BCUT2D eigenvalue weighted by Crippen LogP contribution is 2.42. The number of rotatable bonds is 3. The minimum absolute atomic E-state index is 0.378. The lowest BCUT2D eigenvalue weighted by Crippen LogP contribution is -2.23. The summed E-state index contributed by atoms with van der Waals surface area (Å²) in [7, 11) is 2.03. The predicted octanol–water partition coefficient (Wildman–Crippen LogP) is 3.51. The van der Waals surface area contributed by atoms with E-state index in [0.29, 0.717) is 11.8 Å². The Morgan fingerprint density at radius 3 is 2.78 bits per heavy atom. The third-order valence-corrected chi connectivity index (χ3v) is 4.35. The van der Waals surface area contributed by atoms with Gasteiger partial charge in [-0.1, -0.05) is 34.5 Å². The third-order valence-electron chi connectivity index (χ3n) is 3.85. The Bertz CT molecular complexity index is 545. The molecule has 3 rings (SSSR count). The van der Waals surface area contributed by atoms with Crippen molar-refractivity contribution < 1.29 is 0 Å². The molecule has 1 aromatic carbocycles. The van der Waals surface area contributed by atoms with E-state index in [9.17, 15) is 0 Å². The van der Waals surface area contributed by atoms with Crippen molar-refractivity contribution in [2.45, 2.75) is 25.2 Å². The second kappa shape index (κ2) is 4.84. The Hall–Kier alpha value is -1.16. The highest BCUT2D eigenvalue weighted by atomic mass is 79.9. The van der Waals surface area contributed by atoms with E-state index >= 15 is 0 Å². The summed E-state index contributed by atoms with van der Waals surface area (Å²) >= 11 is 3.56. The van der Waals surface area contributed by atoms with Crippen molar-refractivity contribution in [3.05, 3.63) is 46.5 Å². The molecule has 0 radical (unpaired) electrons. The van der Waals surface area contributed by atoms with Gasteiger partial charge in [-0.25, -0.2) is 0 Å². The van der Waals surface area contributed by atoms with Crippen LogP contribution >= 0.6 is 15.9 Å². The van der Waals surface area contributed by atoms with Crippen LogP contribution in [0.3, 0.4) is 0 Å². The fourth-order valence-electron chi connectivity index (χ4n) is 2.68. The zero-order valence-electron chi connectivity index (χ0n) is 10.4. The molecule has 18 heavy (non-hydrogen) atoms. The second-order valence-electron chi connectivity index (χ2n) is 5.02. The van der Waals surface area contributed by atoms with Crippen LogP contribution in [0.15, 0.2) is 35.1 Å². The van der Waals surface area contributed by atoms with Crippen molar-refractivity contribution in [3.8, 4) is 0 Å². The molecule has 1 aliphatic rings. The van der Waals surface area contributed by atoms with E-state index in [1.165, 1.54) is 24.8 Å². The highest BCUT2D eigenvalue weighted by Gasteiger charge is 2.32. The van der Waals surface area contributed by atoms with Crippen molar-refractivity contribution in [1.29, 1.82) is 0 Å². The lowest BCUT2D eigenvalue weighted by molar-refractivity contribution is 0.274. The molecule has 1 heterocycles. The Morgan fingerprint density at radius 2 is 2.22 bits per heavy atom. The van der Waals surface area contributed by atoms with E-state index < -0.39 is 0 Å². The van der Waals surface area contributed by atoms with Crippen molar-refractivity contribution in [3.63, 3.8) is 0 Å². The van der Waals surface area contributed by atoms with Gasteiger partial charge in [0.25, 0.3) is 0 Å². The molecule has 0 aliphatic heterocycles. The molecule has 3 nitrogen and oxygen atoms in total. The minimum Gasteiger partial charge on any atom is -0.320 e. The van der Waals surface area contributed by atoms with Crippen molar-refractivity contribution >= 4 is 15.9 Å². The van der Waals surface area contributed by atoms with Crippen LogP contribution in [0.5, 0.6) is 0 Å². The zero-order valence-corrected chi connectivity index (χ0v) is 12.0. The number of aromatic nitrogens is 3. The standard InChI is InChI=1S/C14H16BrN3/c1-18-9-16-17-14(18)13(10-4-2-5-10)11-6-3-7-12(15)8-11/h3,6-10,13H,2,4-5H2,1H3/t13-/m0/s1. The molecule has 1 atom stereocenters. The second-order valence-corrected chi connectivity index (χ2v) is 5.94. The van der Waals surface area contributed by atoms with Gasteiger partial charge in [0.05, 0.1) is 0 Å². The number of benzene rings is 1. The molecule has 1 fully saturated rings. The summed E-state index contributed by atoms with van der Waals surface area (Å²) in [6.07, 6.45) is 5.72. The van der Waals surface area contributed by atoms with Crippen LogP contribution in [0.25, 0.3) is 0 Å². The monoisotopic (exact) mass is 305 g/mol. The quantitative estimate of drug-likeness (QED) is 0.869. The zero-order chi connectivity index (χ0) is 12.5. The molecule has 94 valence electrons. The summed E-state index contributed by atoms with van der Waals surface area (Å²) in [6.45, 7) is 0. The van der Waals surface area contributed by atoms with Gasteiger partial charge in [-0.05, 0) is 36.5 Å². The van der Waals surface area contributed by atoms with Crippen LogP contribution in [0.1, 0.15) is 36.6 Å². The van der Waals surface area contributed by atoms with Crippen molar-refractivity contribution in [2.75, 3.05) is 0 Å². The maximum atomic E-state index is 4.32. The largest absolute Gasteiger partial charge is 0.320 e. The molecule has 0 spiro atoms. The average molecular weight is 306 g/mol. The van der Waals surface area contributed by atoms with E-state index in [0.717, 1.165) is 10.3 Å². The van der Waals surface area contributed by atoms with Gasteiger partial charge in [-0.3, -0.25) is 0 Å². The van der Waals surface area contributed by atoms with Crippen LogP contribution in [0.4, 0.5) is 0 Å². The van der Waals surface area contributed by atoms with Gasteiger partial charge in [0.15, 0.2) is 0 Å². The summed E-state index contributed by atoms with van der Waals surface area (Å²) in [5.41, 5.74) is 1.34. The Labute approximate surface area is 115 Å². The molecule has 0 amide bonds. The predicted molar refractivity (Wildman–Crippen MR) is 74.3 cm³/mol. The molecule has 1 saturated carbocycles. The summed E-state index contributed by atoms with van der Waals surface area (Å²) in [6, 6.07) is 8.57. The van der Waals surface area contributed by atoms with Crippen molar-refractivity contribution in [1.82, 2.24) is 14.8 Å². The molecule has 0 N–H and O–H groups in total. The number of halogens is 1. The lowest BCUT2D eigenvalue weighted by atomic mass is 9.72. The number of aryl methyl sites for hydroxylation is 1. The van der Waals surface area contributed by atoms with Gasteiger partial charge in [0.1, 0.15) is 12.2 Å². The van der Waals surface area contributed by atoms with Gasteiger partial charge in [0, 0.05) is 17.4 Å². The van der Waals surface area contributed by atoms with Gasteiger partial charge in [0.2, 0.25) is 0 Å². The lowest BCUT2D eigenvalue weighted by Gasteiger charge is -2.33. The van der Waals surface area contributed by atoms with E-state index in [1.807, 2.05) is 11.6 Å². The smallest absolute Gasteiger partial charge is 0.140 e. The molecule has 0 bridgehead atoms. The van der Waals surface area contributed by atoms with Crippen LogP contribution in [-0.4, -0.2) is 14.8 Å². The van der Waals surface area contributed by atoms with E-state index in [4.69, 9.17) is 0 Å². The molecule has 1 aromatic heterocycles. The van der Waals surface area contributed by atoms with Crippen molar-refractivity contribution in [2.24, 2.45) is 13.0 Å². The average Bonchev–Trinajstić information content (AvgIpc) is 2.69. The molecular formula is C14H16BrN3. The van der Waals surface area contributed by atoms with Gasteiger partial charge in [-0.2, -0.15) is 0 Å². The molecule has 4 heteroatoms. The SMILES string of the molecule is Cn1cnnc1[C@H](c1cccc(Br)c1)C1CCC1. The first kappa shape index (κ1) is 11.9. The van der Waals surface area contributed by atoms with E-state index in [2.05, 4.69) is 50.4 Å². The van der Waals surface area contributed by atoms with Crippen LogP contribution in [0, 0.1) is 5.92 Å². The molecule has 2 aromatic rings. The Balaban J connectivity index is 2.03. The summed E-state index contributed by atoms with van der Waals surface area (Å²) in [5, 5.41) is 8.36. The summed E-state index contributed by atoms with van der Waals surface area (Å²) < 4.78 is 3.18. The first-order valence-corrected chi connectivity index (χ1v) is 7.14. The van der Waals surface area contributed by atoms with E-state index in [1.54, 1.807) is 6.33 Å². The Morgan fingerprint density at radius 1 is 1.39 bits per heavy atom. The number of hydrogen-bond donors (Lipinski definition) is 0. The highest BCUT2D eigenvalue weighted by molar-refractivity contribution is 9.10. The Kier molecular flexibility index (Phi) is 3.20. The van der Waals surface area contributed by atoms with Crippen LogP contribution < -0.4 is 0 Å². The molecular weight excluding hydrogens is 290 g/mol. The third kappa shape index (κ3) is 2.09. The van der Waals surface area contributed by atoms with Gasteiger partial charge >= 0.3 is 0 Å². The fraction of sp³-hybridized carbons (Fsp3) is 0.429. The minimum atomic E-state index is 0.378. The first-order chi connectivity index (χ1) is 8.75. The van der Waals surface area contributed by atoms with Crippen LogP contribution in [0.2, 0.25) is 0 Å². The van der Waals surface area contributed by atoms with Crippen LogP contribution in [-0.2, 0) is 7.05 Å². The molecule has 0 unspecified atom stereocenters. The first-order valence-electron chi connectivity index (χ1n) is 6.35. The van der Waals surface area contributed by atoms with Gasteiger partial charge in [-0.15, -0.1) is 10.2 Å². The summed E-state index contributed by atoms with van der Waals surface area (Å²) in [4.78, 5) is 0. The summed E-state index contributed by atoms with van der Waals surface area (Å²) in [5.74, 6) is 2.17. The number of hydrogen-bond acceptors (Lipinski definition) is 2. The fourth-order valence-corrected chi connectivity index (χ4v) is 3.10. The van der Waals surface area contributed by atoms with E-state index in [-0.39, 0.29) is 0 Å². The van der Waals surface area contributed by atoms with Gasteiger partial charge < -0.3 is 4.57 Å². The molecule has 1 aliphatic carbocycles. The normalized spacial score (nSPS) is 17.4. The molecule has 0 saturated heterocycles. The number of nitrogens with zero attached hydrogens (tertiary/aromatic N) is 3. The topological polar surface area (TPSA) is 30.7 Å².